The number of aromatic nitrogens is 1. The molecule has 0 unspecified atom stereocenters. The first-order chi connectivity index (χ1) is 14.2. The van der Waals surface area contributed by atoms with E-state index in [1.165, 1.54) is 11.1 Å². The van der Waals surface area contributed by atoms with Gasteiger partial charge in [-0.25, -0.2) is 4.98 Å². The molecule has 1 saturated heterocycles. The number of hydrogen-bond acceptors (Lipinski definition) is 4. The van der Waals surface area contributed by atoms with Crippen molar-refractivity contribution in [3.63, 3.8) is 0 Å². The fraction of sp³-hybridized carbons (Fsp3) is 0.250. The van der Waals surface area contributed by atoms with Crippen LogP contribution in [0.15, 0.2) is 72.9 Å². The standard InChI is InChI=1S/C24H26N4O/c1-19-7-9-22(10-8-19)26-24(29)21-11-12-25-23(17-21)28-15-13-27(14-16-28)18-20-5-3-2-4-6-20/h2-12,17H,13-16,18H2,1H3,(H,26,29). The van der Waals surface area contributed by atoms with Gasteiger partial charge in [-0.1, -0.05) is 48.0 Å². The number of hydrogen-bond donors (Lipinski definition) is 1. The lowest BCUT2D eigenvalue weighted by molar-refractivity contribution is 0.102. The lowest BCUT2D eigenvalue weighted by atomic mass is 10.2. The third kappa shape index (κ3) is 5.00. The smallest absolute Gasteiger partial charge is 0.255 e. The third-order valence-corrected chi connectivity index (χ3v) is 5.26. The topological polar surface area (TPSA) is 48.5 Å². The van der Waals surface area contributed by atoms with Crippen LogP contribution in [0.25, 0.3) is 0 Å². The Morgan fingerprint density at radius 3 is 2.41 bits per heavy atom. The molecule has 1 amide bonds. The fourth-order valence-corrected chi connectivity index (χ4v) is 3.55. The van der Waals surface area contributed by atoms with Crippen LogP contribution < -0.4 is 10.2 Å². The maximum atomic E-state index is 12.6. The van der Waals surface area contributed by atoms with Gasteiger partial charge < -0.3 is 10.2 Å². The van der Waals surface area contributed by atoms with Crippen molar-refractivity contribution in [2.24, 2.45) is 0 Å². The van der Waals surface area contributed by atoms with Crippen LogP contribution in [0, 0.1) is 6.92 Å². The number of nitrogens with zero attached hydrogens (tertiary/aromatic N) is 3. The molecule has 0 radical (unpaired) electrons. The maximum absolute atomic E-state index is 12.6. The summed E-state index contributed by atoms with van der Waals surface area (Å²) in [7, 11) is 0. The Balaban J connectivity index is 1.36. The molecular formula is C24H26N4O. The Labute approximate surface area is 172 Å². The van der Waals surface area contributed by atoms with E-state index in [0.717, 1.165) is 44.2 Å². The number of amides is 1. The molecule has 0 spiro atoms. The van der Waals surface area contributed by atoms with E-state index in [2.05, 4.69) is 50.4 Å². The van der Waals surface area contributed by atoms with Gasteiger partial charge in [0.15, 0.2) is 0 Å². The summed E-state index contributed by atoms with van der Waals surface area (Å²) in [6.45, 7) is 6.78. The van der Waals surface area contributed by atoms with Gasteiger partial charge in [-0.05, 0) is 36.8 Å². The minimum atomic E-state index is -0.111. The third-order valence-electron chi connectivity index (χ3n) is 5.26. The summed E-state index contributed by atoms with van der Waals surface area (Å²) in [5.74, 6) is 0.751. The molecule has 3 aromatic rings. The van der Waals surface area contributed by atoms with Crippen LogP contribution in [0.5, 0.6) is 0 Å². The predicted octanol–water partition coefficient (Wildman–Crippen LogP) is 3.96. The van der Waals surface area contributed by atoms with Gasteiger partial charge in [0.05, 0.1) is 0 Å². The molecule has 0 aliphatic carbocycles. The Kier molecular flexibility index (Phi) is 5.86. The number of anilines is 2. The Hall–Kier alpha value is -3.18. The molecule has 29 heavy (non-hydrogen) atoms. The molecule has 148 valence electrons. The van der Waals surface area contributed by atoms with Crippen LogP contribution in [0.4, 0.5) is 11.5 Å². The molecule has 1 aliphatic heterocycles. The molecule has 4 rings (SSSR count). The predicted molar refractivity (Wildman–Crippen MR) is 117 cm³/mol. The van der Waals surface area contributed by atoms with Crippen molar-refractivity contribution in [3.8, 4) is 0 Å². The Bertz CT molecular complexity index is 948. The number of rotatable bonds is 5. The second-order valence-corrected chi connectivity index (χ2v) is 7.47. The van der Waals surface area contributed by atoms with Gasteiger partial charge in [0.2, 0.25) is 0 Å². The number of pyridine rings is 1. The van der Waals surface area contributed by atoms with Gasteiger partial charge in [0.1, 0.15) is 5.82 Å². The van der Waals surface area contributed by atoms with Crippen LogP contribution in [0.3, 0.4) is 0 Å². The van der Waals surface area contributed by atoms with Crippen LogP contribution in [0.2, 0.25) is 0 Å². The summed E-state index contributed by atoms with van der Waals surface area (Å²) in [5.41, 5.74) is 3.94. The largest absolute Gasteiger partial charge is 0.354 e. The van der Waals surface area contributed by atoms with E-state index in [1.54, 1.807) is 12.3 Å². The molecule has 5 nitrogen and oxygen atoms in total. The Morgan fingerprint density at radius 1 is 0.966 bits per heavy atom. The fourth-order valence-electron chi connectivity index (χ4n) is 3.55. The molecule has 1 aliphatic rings. The molecule has 1 N–H and O–H groups in total. The first-order valence-electron chi connectivity index (χ1n) is 10.0. The molecular weight excluding hydrogens is 360 g/mol. The summed E-state index contributed by atoms with van der Waals surface area (Å²) in [4.78, 5) is 21.8. The number of carbonyl (C=O) groups excluding carboxylic acids is 1. The average Bonchev–Trinajstić information content (AvgIpc) is 2.77. The van der Waals surface area contributed by atoms with Crippen molar-refractivity contribution in [3.05, 3.63) is 89.6 Å². The van der Waals surface area contributed by atoms with Crippen molar-refractivity contribution in [2.75, 3.05) is 36.4 Å². The zero-order valence-electron chi connectivity index (χ0n) is 16.7. The molecule has 0 atom stereocenters. The highest BCUT2D eigenvalue weighted by Crippen LogP contribution is 2.18. The first-order valence-corrected chi connectivity index (χ1v) is 10.0. The van der Waals surface area contributed by atoms with Crippen molar-refractivity contribution < 1.29 is 4.79 Å². The molecule has 5 heteroatoms. The van der Waals surface area contributed by atoms with E-state index in [-0.39, 0.29) is 5.91 Å². The number of piperazine rings is 1. The minimum Gasteiger partial charge on any atom is -0.354 e. The Morgan fingerprint density at radius 2 is 1.69 bits per heavy atom. The lowest BCUT2D eigenvalue weighted by Crippen LogP contribution is -2.46. The van der Waals surface area contributed by atoms with Crippen LogP contribution in [-0.4, -0.2) is 42.0 Å². The SMILES string of the molecule is Cc1ccc(NC(=O)c2ccnc(N3CCN(Cc4ccccc4)CC3)c2)cc1. The minimum absolute atomic E-state index is 0.111. The first kappa shape index (κ1) is 19.2. The number of aryl methyl sites for hydroxylation is 1. The second-order valence-electron chi connectivity index (χ2n) is 7.47. The molecule has 2 aromatic carbocycles. The van der Waals surface area contributed by atoms with Gasteiger partial charge in [-0.3, -0.25) is 9.69 Å². The van der Waals surface area contributed by atoms with Crippen molar-refractivity contribution in [2.45, 2.75) is 13.5 Å². The van der Waals surface area contributed by atoms with Gasteiger partial charge in [-0.15, -0.1) is 0 Å². The number of nitrogens with one attached hydrogen (secondary N) is 1. The maximum Gasteiger partial charge on any atom is 0.255 e. The van der Waals surface area contributed by atoms with E-state index in [9.17, 15) is 4.79 Å². The van der Waals surface area contributed by atoms with Crippen molar-refractivity contribution >= 4 is 17.4 Å². The summed E-state index contributed by atoms with van der Waals surface area (Å²) in [6, 6.07) is 22.0. The van der Waals surface area contributed by atoms with Crippen LogP contribution in [-0.2, 0) is 6.54 Å². The average molecular weight is 386 g/mol. The van der Waals surface area contributed by atoms with Crippen LogP contribution in [0.1, 0.15) is 21.5 Å². The monoisotopic (exact) mass is 386 g/mol. The van der Waals surface area contributed by atoms with Gasteiger partial charge in [0.25, 0.3) is 5.91 Å². The molecule has 1 aromatic heterocycles. The quantitative estimate of drug-likeness (QED) is 0.721. The molecule has 1 fully saturated rings. The summed E-state index contributed by atoms with van der Waals surface area (Å²) >= 11 is 0. The number of carbonyl (C=O) groups is 1. The highest BCUT2D eigenvalue weighted by Gasteiger charge is 2.19. The van der Waals surface area contributed by atoms with E-state index >= 15 is 0 Å². The summed E-state index contributed by atoms with van der Waals surface area (Å²) in [6.07, 6.45) is 1.72. The van der Waals surface area contributed by atoms with E-state index in [0.29, 0.717) is 5.56 Å². The van der Waals surface area contributed by atoms with E-state index < -0.39 is 0 Å². The normalized spacial score (nSPS) is 14.6. The molecule has 0 saturated carbocycles. The van der Waals surface area contributed by atoms with Crippen LogP contribution >= 0.6 is 0 Å². The highest BCUT2D eigenvalue weighted by atomic mass is 16.1. The van der Waals surface area contributed by atoms with Gasteiger partial charge in [0, 0.05) is 50.2 Å². The number of benzene rings is 2. The van der Waals surface area contributed by atoms with Gasteiger partial charge >= 0.3 is 0 Å². The van der Waals surface area contributed by atoms with Crippen molar-refractivity contribution in [1.29, 1.82) is 0 Å². The molecule has 0 bridgehead atoms. The zero-order valence-corrected chi connectivity index (χ0v) is 16.7. The lowest BCUT2D eigenvalue weighted by Gasteiger charge is -2.35. The second kappa shape index (κ2) is 8.88. The summed E-state index contributed by atoms with van der Waals surface area (Å²) in [5, 5.41) is 2.96. The summed E-state index contributed by atoms with van der Waals surface area (Å²) < 4.78 is 0. The zero-order chi connectivity index (χ0) is 20.1. The molecule has 2 heterocycles. The van der Waals surface area contributed by atoms with Crippen molar-refractivity contribution in [1.82, 2.24) is 9.88 Å². The van der Waals surface area contributed by atoms with E-state index in [4.69, 9.17) is 0 Å². The van der Waals surface area contributed by atoms with E-state index in [1.807, 2.05) is 37.3 Å². The highest BCUT2D eigenvalue weighted by molar-refractivity contribution is 6.04. The van der Waals surface area contributed by atoms with Gasteiger partial charge in [-0.2, -0.15) is 0 Å².